The molecule has 40 heavy (non-hydrogen) atoms. The van der Waals surface area contributed by atoms with Gasteiger partial charge in [0.25, 0.3) is 0 Å². The molecular weight excluding hydrogens is 482 g/mol. The maximum Gasteiger partial charge on any atom is 0.0633 e. The van der Waals surface area contributed by atoms with Crippen molar-refractivity contribution >= 4 is 11.9 Å². The number of hydrogen-bond donors (Lipinski definition) is 0. The minimum Gasteiger partial charge on any atom is -0.256 e. The molecule has 0 aromatic heterocycles. The lowest BCUT2D eigenvalue weighted by atomic mass is 9.70. The molecule has 2 aliphatic carbocycles. The van der Waals surface area contributed by atoms with E-state index in [1.54, 1.807) is 5.56 Å². The number of unbranched alkanes of at least 4 members (excludes halogenated alkanes) is 6. The summed E-state index contributed by atoms with van der Waals surface area (Å²) in [5.74, 6) is 0. The SMILES string of the molecule is CCCCCCC1(CCCCCC)c2ccccc2-c2ccc(C=Nc3ccc4c(c3)Cc3ccccc3-4)cc21. The highest BCUT2D eigenvalue weighted by atomic mass is 14.7. The summed E-state index contributed by atoms with van der Waals surface area (Å²) in [4.78, 5) is 4.99. The van der Waals surface area contributed by atoms with Crippen LogP contribution in [0.2, 0.25) is 0 Å². The summed E-state index contributed by atoms with van der Waals surface area (Å²) < 4.78 is 0. The monoisotopic (exact) mass is 525 g/mol. The first kappa shape index (κ1) is 26.8. The number of aliphatic imine (C=N–C) groups is 1. The Labute approximate surface area is 241 Å². The summed E-state index contributed by atoms with van der Waals surface area (Å²) >= 11 is 0. The molecule has 0 bridgehead atoms. The fourth-order valence-electron chi connectivity index (χ4n) is 7.29. The molecule has 0 saturated heterocycles. The number of hydrogen-bond acceptors (Lipinski definition) is 1. The topological polar surface area (TPSA) is 12.4 Å². The van der Waals surface area contributed by atoms with E-state index in [1.165, 1.54) is 109 Å². The van der Waals surface area contributed by atoms with Gasteiger partial charge in [-0.3, -0.25) is 4.99 Å². The van der Waals surface area contributed by atoms with E-state index in [-0.39, 0.29) is 5.41 Å². The van der Waals surface area contributed by atoms with Gasteiger partial charge < -0.3 is 0 Å². The van der Waals surface area contributed by atoms with E-state index in [4.69, 9.17) is 4.99 Å². The first-order valence-electron chi connectivity index (χ1n) is 15.7. The van der Waals surface area contributed by atoms with Gasteiger partial charge in [0.1, 0.15) is 0 Å². The standard InChI is InChI=1S/C39H43N/c1-3-5-7-13-23-39(24-14-8-6-4-2)37-18-12-11-17-35(37)36-21-19-29(25-38(36)39)28-40-32-20-22-34-31(27-32)26-30-15-9-10-16-33(30)34/h9-12,15-22,25,27-28H,3-8,13-14,23-24,26H2,1-2H3. The molecule has 6 rings (SSSR count). The van der Waals surface area contributed by atoms with Crippen molar-refractivity contribution in [3.8, 4) is 22.3 Å². The lowest BCUT2D eigenvalue weighted by Gasteiger charge is -2.33. The van der Waals surface area contributed by atoms with Crippen LogP contribution in [0.15, 0.2) is 89.9 Å². The van der Waals surface area contributed by atoms with E-state index in [0.29, 0.717) is 0 Å². The highest BCUT2D eigenvalue weighted by Gasteiger charge is 2.42. The third-order valence-electron chi connectivity index (χ3n) is 9.35. The van der Waals surface area contributed by atoms with E-state index < -0.39 is 0 Å². The van der Waals surface area contributed by atoms with Crippen molar-refractivity contribution < 1.29 is 0 Å². The molecule has 0 spiro atoms. The predicted octanol–water partition coefficient (Wildman–Crippen LogP) is 11.2. The molecule has 4 aromatic rings. The summed E-state index contributed by atoms with van der Waals surface area (Å²) in [5, 5.41) is 0. The molecule has 0 atom stereocenters. The lowest BCUT2D eigenvalue weighted by molar-refractivity contribution is 0.401. The van der Waals surface area contributed by atoms with Gasteiger partial charge in [0.05, 0.1) is 5.69 Å². The first-order valence-corrected chi connectivity index (χ1v) is 15.7. The summed E-state index contributed by atoms with van der Waals surface area (Å²) in [6.45, 7) is 4.62. The molecule has 0 heterocycles. The quantitative estimate of drug-likeness (QED) is 0.113. The average molecular weight is 526 g/mol. The molecule has 0 saturated carbocycles. The van der Waals surface area contributed by atoms with Crippen LogP contribution in [0.3, 0.4) is 0 Å². The Hall–Kier alpha value is -3.45. The Morgan fingerprint density at radius 3 is 2.02 bits per heavy atom. The number of fused-ring (bicyclic) bond motifs is 6. The van der Waals surface area contributed by atoms with Crippen LogP contribution in [0.25, 0.3) is 22.3 Å². The molecule has 0 N–H and O–H groups in total. The van der Waals surface area contributed by atoms with E-state index in [1.807, 2.05) is 0 Å². The molecule has 204 valence electrons. The molecule has 2 aliphatic rings. The van der Waals surface area contributed by atoms with Crippen LogP contribution in [0, 0.1) is 0 Å². The minimum atomic E-state index is 0.122. The number of nitrogens with zero attached hydrogens (tertiary/aromatic N) is 1. The predicted molar refractivity (Wildman–Crippen MR) is 172 cm³/mol. The van der Waals surface area contributed by atoms with Crippen molar-refractivity contribution in [3.63, 3.8) is 0 Å². The van der Waals surface area contributed by atoms with Crippen LogP contribution < -0.4 is 0 Å². The van der Waals surface area contributed by atoms with Crippen molar-refractivity contribution in [1.29, 1.82) is 0 Å². The van der Waals surface area contributed by atoms with E-state index >= 15 is 0 Å². The van der Waals surface area contributed by atoms with Crippen LogP contribution in [-0.4, -0.2) is 6.21 Å². The van der Waals surface area contributed by atoms with Crippen molar-refractivity contribution in [1.82, 2.24) is 0 Å². The Morgan fingerprint density at radius 1 is 0.600 bits per heavy atom. The molecular formula is C39H43N. The lowest BCUT2D eigenvalue weighted by Crippen LogP contribution is -2.25. The fraction of sp³-hybridized carbons (Fsp3) is 0.359. The number of rotatable bonds is 12. The second kappa shape index (κ2) is 12.0. The van der Waals surface area contributed by atoms with Gasteiger partial charge in [0, 0.05) is 11.6 Å². The van der Waals surface area contributed by atoms with E-state index in [2.05, 4.69) is 105 Å². The normalized spacial score (nSPS) is 14.2. The molecule has 0 aliphatic heterocycles. The first-order chi connectivity index (χ1) is 19.7. The van der Waals surface area contributed by atoms with Crippen LogP contribution in [0.4, 0.5) is 5.69 Å². The van der Waals surface area contributed by atoms with Crippen molar-refractivity contribution in [2.45, 2.75) is 89.9 Å². The molecule has 0 fully saturated rings. The second-order valence-corrected chi connectivity index (χ2v) is 12.0. The third-order valence-corrected chi connectivity index (χ3v) is 9.35. The highest BCUT2D eigenvalue weighted by Crippen LogP contribution is 2.54. The van der Waals surface area contributed by atoms with Gasteiger partial charge in [0.15, 0.2) is 0 Å². The second-order valence-electron chi connectivity index (χ2n) is 12.0. The maximum atomic E-state index is 4.99. The largest absolute Gasteiger partial charge is 0.256 e. The summed E-state index contributed by atoms with van der Waals surface area (Å²) in [5.41, 5.74) is 13.9. The van der Waals surface area contributed by atoms with Gasteiger partial charge in [-0.25, -0.2) is 0 Å². The van der Waals surface area contributed by atoms with Gasteiger partial charge >= 0.3 is 0 Å². The van der Waals surface area contributed by atoms with Gasteiger partial charge in [0.2, 0.25) is 0 Å². The zero-order valence-corrected chi connectivity index (χ0v) is 24.4. The fourth-order valence-corrected chi connectivity index (χ4v) is 7.29. The van der Waals surface area contributed by atoms with Gasteiger partial charge in [-0.1, -0.05) is 132 Å². The third kappa shape index (κ3) is 5.07. The molecule has 0 radical (unpaired) electrons. The molecule has 1 heteroatoms. The zero-order valence-electron chi connectivity index (χ0n) is 24.4. The van der Waals surface area contributed by atoms with Crippen LogP contribution >= 0.6 is 0 Å². The summed E-state index contributed by atoms with van der Waals surface area (Å²) in [6.07, 6.45) is 16.1. The van der Waals surface area contributed by atoms with E-state index in [0.717, 1.165) is 12.1 Å². The Bertz CT molecular complexity index is 1500. The van der Waals surface area contributed by atoms with Crippen LogP contribution in [0.1, 0.15) is 106 Å². The Balaban J connectivity index is 1.32. The molecule has 0 unspecified atom stereocenters. The molecule has 0 amide bonds. The Kier molecular flexibility index (Phi) is 8.00. The number of benzene rings is 4. The zero-order chi connectivity index (χ0) is 27.4. The Morgan fingerprint density at radius 2 is 1.25 bits per heavy atom. The van der Waals surface area contributed by atoms with Crippen LogP contribution in [-0.2, 0) is 11.8 Å². The minimum absolute atomic E-state index is 0.122. The van der Waals surface area contributed by atoms with Gasteiger partial charge in [-0.05, 0) is 87.5 Å². The molecule has 4 aromatic carbocycles. The summed E-state index contributed by atoms with van der Waals surface area (Å²) in [6, 6.07) is 31.8. The highest BCUT2D eigenvalue weighted by molar-refractivity contribution is 5.88. The summed E-state index contributed by atoms with van der Waals surface area (Å²) in [7, 11) is 0. The van der Waals surface area contributed by atoms with Gasteiger partial charge in [-0.2, -0.15) is 0 Å². The van der Waals surface area contributed by atoms with E-state index in [9.17, 15) is 0 Å². The smallest absolute Gasteiger partial charge is 0.0633 e. The van der Waals surface area contributed by atoms with Crippen LogP contribution in [0.5, 0.6) is 0 Å². The van der Waals surface area contributed by atoms with Crippen molar-refractivity contribution in [2.75, 3.05) is 0 Å². The average Bonchev–Trinajstić information content (AvgIpc) is 3.49. The van der Waals surface area contributed by atoms with Crippen molar-refractivity contribution in [2.24, 2.45) is 4.99 Å². The maximum absolute atomic E-state index is 4.99. The molecule has 1 nitrogen and oxygen atoms in total. The van der Waals surface area contributed by atoms with Crippen molar-refractivity contribution in [3.05, 3.63) is 113 Å². The van der Waals surface area contributed by atoms with Gasteiger partial charge in [-0.15, -0.1) is 0 Å².